The maximum absolute atomic E-state index is 12.3. The molecule has 2 fully saturated rings. The fraction of sp³-hybridized carbons (Fsp3) is 0.533. The van der Waals surface area contributed by atoms with Gasteiger partial charge >= 0.3 is 0 Å². The number of hydrogen-bond acceptors (Lipinski definition) is 3. The van der Waals surface area contributed by atoms with Crippen molar-refractivity contribution < 1.29 is 9.59 Å². The minimum absolute atomic E-state index is 0.0641. The fourth-order valence-electron chi connectivity index (χ4n) is 2.43. The van der Waals surface area contributed by atoms with E-state index < -0.39 is 0 Å². The highest BCUT2D eigenvalue weighted by Crippen LogP contribution is 2.19. The lowest BCUT2D eigenvalue weighted by Gasteiger charge is -2.26. The molecule has 1 aromatic rings. The lowest BCUT2D eigenvalue weighted by molar-refractivity contribution is 0.0718. The number of carbonyl (C=O) groups is 2. The van der Waals surface area contributed by atoms with Gasteiger partial charge in [0.15, 0.2) is 0 Å². The van der Waals surface area contributed by atoms with Crippen LogP contribution >= 0.6 is 0 Å². The van der Waals surface area contributed by atoms with Gasteiger partial charge in [-0.3, -0.25) is 9.59 Å². The quantitative estimate of drug-likeness (QED) is 0.910. The first-order chi connectivity index (χ1) is 9.74. The average molecular weight is 273 g/mol. The van der Waals surface area contributed by atoms with Crippen molar-refractivity contribution in [3.8, 4) is 0 Å². The Morgan fingerprint density at radius 1 is 1.10 bits per heavy atom. The monoisotopic (exact) mass is 273 g/mol. The number of pyridine rings is 1. The molecule has 1 aliphatic heterocycles. The van der Waals surface area contributed by atoms with Crippen molar-refractivity contribution >= 4 is 11.8 Å². The van der Waals surface area contributed by atoms with Gasteiger partial charge in [0.25, 0.3) is 11.8 Å². The second kappa shape index (κ2) is 5.61. The molecule has 0 spiro atoms. The molecule has 0 aromatic carbocycles. The van der Waals surface area contributed by atoms with Crippen LogP contribution in [0.1, 0.15) is 53.1 Å². The van der Waals surface area contributed by atoms with E-state index in [2.05, 4.69) is 10.3 Å². The number of amides is 2. The average Bonchev–Trinajstić information content (AvgIpc) is 3.31. The number of nitrogens with zero attached hydrogens (tertiary/aromatic N) is 2. The molecule has 106 valence electrons. The molecule has 0 radical (unpaired) electrons. The zero-order chi connectivity index (χ0) is 13.9. The van der Waals surface area contributed by atoms with Crippen molar-refractivity contribution in [3.63, 3.8) is 0 Å². The van der Waals surface area contributed by atoms with Crippen LogP contribution in [-0.4, -0.2) is 40.8 Å². The topological polar surface area (TPSA) is 62.3 Å². The molecule has 3 rings (SSSR count). The van der Waals surface area contributed by atoms with Crippen LogP contribution in [0.4, 0.5) is 0 Å². The Morgan fingerprint density at radius 2 is 1.80 bits per heavy atom. The summed E-state index contributed by atoms with van der Waals surface area (Å²) in [5.74, 6) is -0.244. The van der Waals surface area contributed by atoms with Crippen molar-refractivity contribution in [2.75, 3.05) is 13.1 Å². The van der Waals surface area contributed by atoms with E-state index in [0.717, 1.165) is 38.8 Å². The third kappa shape index (κ3) is 2.98. The summed E-state index contributed by atoms with van der Waals surface area (Å²) in [6.45, 7) is 1.58. The van der Waals surface area contributed by atoms with Crippen molar-refractivity contribution in [2.24, 2.45) is 0 Å². The Kier molecular flexibility index (Phi) is 3.67. The lowest BCUT2D eigenvalue weighted by Crippen LogP contribution is -2.36. The van der Waals surface area contributed by atoms with Crippen LogP contribution in [0, 0.1) is 0 Å². The summed E-state index contributed by atoms with van der Waals surface area (Å²) in [5.41, 5.74) is 0.704. The molecule has 2 heterocycles. The summed E-state index contributed by atoms with van der Waals surface area (Å²) in [5, 5.41) is 2.89. The smallest absolute Gasteiger partial charge is 0.272 e. The summed E-state index contributed by atoms with van der Waals surface area (Å²) < 4.78 is 0. The maximum atomic E-state index is 12.3. The van der Waals surface area contributed by atoms with Crippen molar-refractivity contribution in [3.05, 3.63) is 29.6 Å². The molecule has 20 heavy (non-hydrogen) atoms. The molecular formula is C15H19N3O2. The molecule has 0 bridgehead atoms. The van der Waals surface area contributed by atoms with Crippen molar-refractivity contribution in [2.45, 2.75) is 38.1 Å². The van der Waals surface area contributed by atoms with E-state index in [1.54, 1.807) is 18.2 Å². The number of carbonyl (C=O) groups excluding carboxylic acids is 2. The summed E-state index contributed by atoms with van der Waals surface area (Å²) in [4.78, 5) is 30.3. The summed E-state index contributed by atoms with van der Waals surface area (Å²) >= 11 is 0. The van der Waals surface area contributed by atoms with Crippen LogP contribution in [0.2, 0.25) is 0 Å². The van der Waals surface area contributed by atoms with Crippen LogP contribution in [0.5, 0.6) is 0 Å². The first-order valence-electron chi connectivity index (χ1n) is 7.31. The molecular weight excluding hydrogens is 254 g/mol. The third-order valence-electron chi connectivity index (χ3n) is 3.76. The number of piperidine rings is 1. The van der Waals surface area contributed by atoms with E-state index in [0.29, 0.717) is 17.4 Å². The van der Waals surface area contributed by atoms with Gasteiger partial charge in [0, 0.05) is 19.1 Å². The zero-order valence-electron chi connectivity index (χ0n) is 11.5. The van der Waals surface area contributed by atoms with Crippen LogP contribution in [0.25, 0.3) is 0 Å². The standard InChI is InChI=1S/C15H19N3O2/c19-14(16-11-7-8-11)12-5-4-6-13(17-12)15(20)18-9-2-1-3-10-18/h4-6,11H,1-3,7-10H2,(H,16,19). The highest BCUT2D eigenvalue weighted by molar-refractivity contribution is 5.96. The second-order valence-corrected chi connectivity index (χ2v) is 5.51. The largest absolute Gasteiger partial charge is 0.348 e. The Bertz CT molecular complexity index is 520. The first-order valence-corrected chi connectivity index (χ1v) is 7.31. The number of hydrogen-bond donors (Lipinski definition) is 1. The lowest BCUT2D eigenvalue weighted by atomic mass is 10.1. The molecule has 5 nitrogen and oxygen atoms in total. The van der Waals surface area contributed by atoms with Gasteiger partial charge in [0.1, 0.15) is 11.4 Å². The zero-order valence-corrected chi connectivity index (χ0v) is 11.5. The predicted molar refractivity (Wildman–Crippen MR) is 74.5 cm³/mol. The Balaban J connectivity index is 1.72. The van der Waals surface area contributed by atoms with Crippen molar-refractivity contribution in [1.29, 1.82) is 0 Å². The summed E-state index contributed by atoms with van der Waals surface area (Å²) in [6.07, 6.45) is 5.36. The molecule has 1 aliphatic carbocycles. The SMILES string of the molecule is O=C(NC1CC1)c1cccc(C(=O)N2CCCCC2)n1. The normalized spacial score (nSPS) is 18.7. The summed E-state index contributed by atoms with van der Waals surface area (Å²) in [7, 11) is 0. The Labute approximate surface area is 118 Å². The van der Waals surface area contributed by atoms with Crippen LogP contribution in [0.3, 0.4) is 0 Å². The van der Waals surface area contributed by atoms with E-state index in [9.17, 15) is 9.59 Å². The van der Waals surface area contributed by atoms with Crippen molar-refractivity contribution in [1.82, 2.24) is 15.2 Å². The molecule has 5 heteroatoms. The molecule has 1 saturated heterocycles. The van der Waals surface area contributed by atoms with Crippen LogP contribution in [0.15, 0.2) is 18.2 Å². The number of likely N-dealkylation sites (tertiary alicyclic amines) is 1. The Morgan fingerprint density at radius 3 is 2.50 bits per heavy atom. The van der Waals surface area contributed by atoms with E-state index in [-0.39, 0.29) is 11.8 Å². The second-order valence-electron chi connectivity index (χ2n) is 5.51. The van der Waals surface area contributed by atoms with Gasteiger partial charge in [0.05, 0.1) is 0 Å². The highest BCUT2D eigenvalue weighted by atomic mass is 16.2. The van der Waals surface area contributed by atoms with Gasteiger partial charge in [0.2, 0.25) is 0 Å². The molecule has 1 saturated carbocycles. The van der Waals surface area contributed by atoms with Gasteiger partial charge in [-0.05, 0) is 44.2 Å². The molecule has 1 N–H and O–H groups in total. The Hall–Kier alpha value is -1.91. The van der Waals surface area contributed by atoms with Crippen LogP contribution in [-0.2, 0) is 0 Å². The predicted octanol–water partition coefficient (Wildman–Crippen LogP) is 1.60. The van der Waals surface area contributed by atoms with E-state index in [4.69, 9.17) is 0 Å². The molecule has 1 aromatic heterocycles. The van der Waals surface area contributed by atoms with Gasteiger partial charge < -0.3 is 10.2 Å². The number of aromatic nitrogens is 1. The molecule has 0 unspecified atom stereocenters. The maximum Gasteiger partial charge on any atom is 0.272 e. The van der Waals surface area contributed by atoms with E-state index in [1.165, 1.54) is 6.42 Å². The molecule has 0 atom stereocenters. The van der Waals surface area contributed by atoms with E-state index in [1.807, 2.05) is 4.90 Å². The van der Waals surface area contributed by atoms with E-state index >= 15 is 0 Å². The molecule has 2 aliphatic rings. The van der Waals surface area contributed by atoms with Gasteiger partial charge in [-0.2, -0.15) is 0 Å². The number of rotatable bonds is 3. The minimum Gasteiger partial charge on any atom is -0.348 e. The van der Waals surface area contributed by atoms with Crippen LogP contribution < -0.4 is 5.32 Å². The fourth-order valence-corrected chi connectivity index (χ4v) is 2.43. The van der Waals surface area contributed by atoms with Gasteiger partial charge in [-0.25, -0.2) is 4.98 Å². The number of nitrogens with one attached hydrogen (secondary N) is 1. The van der Waals surface area contributed by atoms with Gasteiger partial charge in [-0.1, -0.05) is 6.07 Å². The third-order valence-corrected chi connectivity index (χ3v) is 3.76. The minimum atomic E-state index is -0.180. The van der Waals surface area contributed by atoms with Gasteiger partial charge in [-0.15, -0.1) is 0 Å². The first kappa shape index (κ1) is 13.1. The summed E-state index contributed by atoms with van der Waals surface area (Å²) in [6, 6.07) is 5.37. The highest BCUT2D eigenvalue weighted by Gasteiger charge is 2.25. The molecule has 2 amide bonds.